The first-order valence-electron chi connectivity index (χ1n) is 11.5. The Bertz CT molecular complexity index is 1210. The van der Waals surface area contributed by atoms with E-state index in [1.807, 2.05) is 13.8 Å². The molecule has 1 aromatic heterocycles. The number of carbonyl (C=O) groups is 2. The highest BCUT2D eigenvalue weighted by atomic mass is 35.5. The van der Waals surface area contributed by atoms with Gasteiger partial charge in [-0.15, -0.1) is 0 Å². The Hall–Kier alpha value is -2.94. The summed E-state index contributed by atoms with van der Waals surface area (Å²) in [6.45, 7) is 5.58. The Labute approximate surface area is 214 Å². The lowest BCUT2D eigenvalue weighted by atomic mass is 9.96. The van der Waals surface area contributed by atoms with Crippen LogP contribution >= 0.6 is 23.2 Å². The van der Waals surface area contributed by atoms with Gasteiger partial charge in [-0.1, -0.05) is 40.5 Å². The second-order valence-electron chi connectivity index (χ2n) is 8.87. The molecule has 10 heteroatoms. The van der Waals surface area contributed by atoms with Crippen molar-refractivity contribution in [2.45, 2.75) is 39.3 Å². The fourth-order valence-corrected chi connectivity index (χ4v) is 4.56. The average molecular weight is 516 g/mol. The summed E-state index contributed by atoms with van der Waals surface area (Å²) in [5.74, 6) is 0.290. The third-order valence-corrected chi connectivity index (χ3v) is 6.27. The smallest absolute Gasteiger partial charge is 0.253 e. The van der Waals surface area contributed by atoms with E-state index in [1.54, 1.807) is 42.5 Å². The van der Waals surface area contributed by atoms with E-state index in [1.165, 1.54) is 0 Å². The molecular weight excluding hydrogens is 489 g/mol. The van der Waals surface area contributed by atoms with Gasteiger partial charge in [0, 0.05) is 23.2 Å². The molecule has 0 bridgehead atoms. The first-order valence-corrected chi connectivity index (χ1v) is 12.3. The molecule has 1 aliphatic heterocycles. The summed E-state index contributed by atoms with van der Waals surface area (Å²) < 4.78 is 5.43. The van der Waals surface area contributed by atoms with Crippen molar-refractivity contribution in [1.82, 2.24) is 20.4 Å². The quantitative estimate of drug-likeness (QED) is 0.457. The predicted molar refractivity (Wildman–Crippen MR) is 135 cm³/mol. The van der Waals surface area contributed by atoms with Gasteiger partial charge in [0.25, 0.3) is 5.91 Å². The van der Waals surface area contributed by atoms with Crippen LogP contribution in [0.15, 0.2) is 47.0 Å². The number of nitrogens with one attached hydrogen (secondary N) is 2. The van der Waals surface area contributed by atoms with Crippen LogP contribution in [0.3, 0.4) is 0 Å². The number of anilines is 1. The molecule has 1 unspecified atom stereocenters. The van der Waals surface area contributed by atoms with E-state index >= 15 is 0 Å². The maximum Gasteiger partial charge on any atom is 0.253 e. The number of hydrogen-bond acceptors (Lipinski definition) is 6. The van der Waals surface area contributed by atoms with Crippen LogP contribution in [0.2, 0.25) is 10.0 Å². The zero-order valence-corrected chi connectivity index (χ0v) is 21.1. The van der Waals surface area contributed by atoms with Gasteiger partial charge in [-0.05, 0) is 63.6 Å². The molecule has 1 aliphatic rings. The summed E-state index contributed by atoms with van der Waals surface area (Å²) in [6.07, 6.45) is 1.62. The molecule has 0 radical (unpaired) electrons. The summed E-state index contributed by atoms with van der Waals surface area (Å²) in [5, 5.41) is 10.8. The molecule has 0 aliphatic carbocycles. The van der Waals surface area contributed by atoms with Gasteiger partial charge in [0.1, 0.15) is 0 Å². The van der Waals surface area contributed by atoms with Crippen molar-refractivity contribution in [2.24, 2.45) is 5.92 Å². The number of rotatable bonds is 7. The van der Waals surface area contributed by atoms with Gasteiger partial charge >= 0.3 is 0 Å². The monoisotopic (exact) mass is 515 g/mol. The predicted octanol–water partition coefficient (Wildman–Crippen LogP) is 5.03. The molecule has 8 nitrogen and oxygen atoms in total. The molecule has 0 saturated carbocycles. The van der Waals surface area contributed by atoms with Crippen molar-refractivity contribution in [2.75, 3.05) is 18.4 Å². The van der Waals surface area contributed by atoms with Gasteiger partial charge in [-0.25, -0.2) is 0 Å². The van der Waals surface area contributed by atoms with Crippen LogP contribution in [-0.4, -0.2) is 46.0 Å². The van der Waals surface area contributed by atoms with Crippen molar-refractivity contribution in [3.8, 4) is 11.4 Å². The molecule has 1 fully saturated rings. The number of nitrogens with zero attached hydrogens (tertiary/aromatic N) is 3. The lowest BCUT2D eigenvalue weighted by molar-refractivity contribution is -0.121. The number of likely N-dealkylation sites (tertiary alicyclic amines) is 1. The molecule has 2 N–H and O–H groups in total. The molecule has 4 rings (SSSR count). The summed E-state index contributed by atoms with van der Waals surface area (Å²) in [6, 6.07) is 12.1. The van der Waals surface area contributed by atoms with Crippen LogP contribution in [-0.2, 0) is 11.3 Å². The van der Waals surface area contributed by atoms with Gasteiger partial charge < -0.3 is 15.2 Å². The normalized spacial score (nSPS) is 16.3. The molecule has 2 amide bonds. The second-order valence-corrected chi connectivity index (χ2v) is 9.72. The molecule has 2 aromatic carbocycles. The number of piperidine rings is 1. The third-order valence-electron chi connectivity index (χ3n) is 5.72. The van der Waals surface area contributed by atoms with Crippen molar-refractivity contribution in [3.05, 3.63) is 64.0 Å². The van der Waals surface area contributed by atoms with Crippen molar-refractivity contribution >= 4 is 40.7 Å². The van der Waals surface area contributed by atoms with Crippen LogP contribution in [0.25, 0.3) is 11.4 Å². The van der Waals surface area contributed by atoms with Crippen LogP contribution in [0.5, 0.6) is 0 Å². The summed E-state index contributed by atoms with van der Waals surface area (Å²) in [4.78, 5) is 32.2. The van der Waals surface area contributed by atoms with Gasteiger partial charge in [-0.3, -0.25) is 14.5 Å². The number of amides is 2. The largest absolute Gasteiger partial charge is 0.350 e. The summed E-state index contributed by atoms with van der Waals surface area (Å²) >= 11 is 12.2. The summed E-state index contributed by atoms with van der Waals surface area (Å²) in [7, 11) is 0. The van der Waals surface area contributed by atoms with Crippen LogP contribution in [0.4, 0.5) is 5.69 Å². The van der Waals surface area contributed by atoms with Crippen LogP contribution in [0.1, 0.15) is 42.9 Å². The zero-order valence-electron chi connectivity index (χ0n) is 19.6. The highest BCUT2D eigenvalue weighted by molar-refractivity contribution is 6.36. The van der Waals surface area contributed by atoms with E-state index in [4.69, 9.17) is 27.7 Å². The minimum Gasteiger partial charge on any atom is -0.350 e. The molecule has 184 valence electrons. The van der Waals surface area contributed by atoms with Crippen LogP contribution in [0, 0.1) is 5.92 Å². The number of carbonyl (C=O) groups excluding carboxylic acids is 2. The lowest BCUT2D eigenvalue weighted by Crippen LogP contribution is -2.40. The van der Waals surface area contributed by atoms with Gasteiger partial charge in [-0.2, -0.15) is 4.98 Å². The lowest BCUT2D eigenvalue weighted by Gasteiger charge is -2.31. The zero-order chi connectivity index (χ0) is 24.9. The Morgan fingerprint density at radius 2 is 2.00 bits per heavy atom. The fourth-order valence-electron chi connectivity index (χ4n) is 4.07. The molecule has 35 heavy (non-hydrogen) atoms. The maximum absolute atomic E-state index is 13.1. The molecule has 1 saturated heterocycles. The van der Waals surface area contributed by atoms with E-state index in [-0.39, 0.29) is 23.8 Å². The molecular formula is C25H27Cl2N5O3. The van der Waals surface area contributed by atoms with E-state index < -0.39 is 0 Å². The Balaban J connectivity index is 1.39. The Morgan fingerprint density at radius 3 is 2.77 bits per heavy atom. The summed E-state index contributed by atoms with van der Waals surface area (Å²) in [5.41, 5.74) is 1.60. The number of hydrogen-bond donors (Lipinski definition) is 2. The first kappa shape index (κ1) is 25.2. The number of aromatic nitrogens is 2. The number of halogens is 2. The Morgan fingerprint density at radius 1 is 1.20 bits per heavy atom. The molecule has 2 heterocycles. The topological polar surface area (TPSA) is 100 Å². The fraction of sp³-hybridized carbons (Fsp3) is 0.360. The Kier molecular flexibility index (Phi) is 8.05. The number of para-hydroxylation sites is 1. The van der Waals surface area contributed by atoms with Gasteiger partial charge in [0.05, 0.1) is 28.7 Å². The number of benzene rings is 2. The highest BCUT2D eigenvalue weighted by Crippen LogP contribution is 2.29. The molecule has 0 spiro atoms. The second kappa shape index (κ2) is 11.2. The van der Waals surface area contributed by atoms with Gasteiger partial charge in [0.15, 0.2) is 0 Å². The minimum absolute atomic E-state index is 0.000839. The maximum atomic E-state index is 13.1. The van der Waals surface area contributed by atoms with E-state index in [0.29, 0.717) is 51.7 Å². The SMILES string of the molecule is CC(C)NC(=O)c1ccccc1NC(=O)C1CCCN(Cc2nc(-c3ccc(Cl)cc3Cl)no2)C1. The van der Waals surface area contributed by atoms with E-state index in [9.17, 15) is 9.59 Å². The van der Waals surface area contributed by atoms with Crippen molar-refractivity contribution in [3.63, 3.8) is 0 Å². The van der Waals surface area contributed by atoms with Gasteiger partial charge in [0.2, 0.25) is 17.6 Å². The van der Waals surface area contributed by atoms with E-state index in [0.717, 1.165) is 19.4 Å². The minimum atomic E-state index is -0.224. The van der Waals surface area contributed by atoms with E-state index in [2.05, 4.69) is 25.7 Å². The standard InChI is InChI=1S/C25H27Cl2N5O3/c1-15(2)28-25(34)19-7-3-4-8-21(19)29-24(33)16-6-5-11-32(13-16)14-22-30-23(31-35-22)18-10-9-17(26)12-20(18)27/h3-4,7-10,12,15-16H,5-6,11,13-14H2,1-2H3,(H,28,34)(H,29,33). The first-order chi connectivity index (χ1) is 16.8. The van der Waals surface area contributed by atoms with Crippen molar-refractivity contribution in [1.29, 1.82) is 0 Å². The highest BCUT2D eigenvalue weighted by Gasteiger charge is 2.28. The van der Waals surface area contributed by atoms with Crippen molar-refractivity contribution < 1.29 is 14.1 Å². The van der Waals surface area contributed by atoms with Crippen LogP contribution < -0.4 is 10.6 Å². The average Bonchev–Trinajstić information content (AvgIpc) is 3.27. The molecule has 3 aromatic rings. The third kappa shape index (κ3) is 6.39. The molecule has 1 atom stereocenters.